The van der Waals surface area contributed by atoms with Gasteiger partial charge in [0.2, 0.25) is 0 Å². The average Bonchev–Trinajstić information content (AvgIpc) is 2.12. The van der Waals surface area contributed by atoms with Crippen LogP contribution in [0.5, 0.6) is 0 Å². The molecule has 1 aromatic heterocycles. The van der Waals surface area contributed by atoms with Crippen molar-refractivity contribution in [2.45, 2.75) is 0 Å². The Labute approximate surface area is 47.7 Å². The van der Waals surface area contributed by atoms with Crippen LogP contribution in [0, 0.1) is 6.92 Å². The number of allylic oxidation sites excluding steroid dienone is 1. The van der Waals surface area contributed by atoms with Gasteiger partial charge in [-0.25, -0.2) is 9.67 Å². The summed E-state index contributed by atoms with van der Waals surface area (Å²) in [6.07, 6.45) is 2.99. The Kier molecular flexibility index (Phi) is 1.12. The zero-order chi connectivity index (χ0) is 5.98. The number of rotatable bonds is 1. The molecule has 0 aromatic carbocycles. The predicted molar refractivity (Wildman–Crippen MR) is 30.7 cm³/mol. The SMILES string of the molecule is [CH2]C(=C)n1cncn1. The molecule has 0 spiro atoms. The van der Waals surface area contributed by atoms with Crippen LogP contribution in [0.15, 0.2) is 19.2 Å². The summed E-state index contributed by atoms with van der Waals surface area (Å²) >= 11 is 0. The quantitative estimate of drug-likeness (QED) is 0.527. The van der Waals surface area contributed by atoms with Crippen molar-refractivity contribution < 1.29 is 0 Å². The summed E-state index contributed by atoms with van der Waals surface area (Å²) in [5.74, 6) is 0. The van der Waals surface area contributed by atoms with Crippen molar-refractivity contribution in [3.63, 3.8) is 0 Å². The first-order chi connectivity index (χ1) is 3.80. The summed E-state index contributed by atoms with van der Waals surface area (Å²) in [5.41, 5.74) is 0.627. The van der Waals surface area contributed by atoms with Gasteiger partial charge in [0.15, 0.2) is 0 Å². The predicted octanol–water partition coefficient (Wildman–Crippen LogP) is 0.583. The van der Waals surface area contributed by atoms with E-state index >= 15 is 0 Å². The highest BCUT2D eigenvalue weighted by Crippen LogP contribution is 1.90. The van der Waals surface area contributed by atoms with Crippen LogP contribution in [0.4, 0.5) is 0 Å². The lowest BCUT2D eigenvalue weighted by molar-refractivity contribution is 0.911. The largest absolute Gasteiger partial charge is 0.226 e. The standard InChI is InChI=1S/C5H6N3/c1-5(2)8-4-6-3-7-8/h3-4H,1-2H2. The van der Waals surface area contributed by atoms with Gasteiger partial charge >= 0.3 is 0 Å². The van der Waals surface area contributed by atoms with E-state index in [9.17, 15) is 0 Å². The van der Waals surface area contributed by atoms with Crippen molar-refractivity contribution in [1.82, 2.24) is 14.8 Å². The lowest BCUT2D eigenvalue weighted by atomic mass is 10.6. The molecule has 0 aliphatic heterocycles. The molecule has 0 unspecified atom stereocenters. The molecule has 0 amide bonds. The Morgan fingerprint density at radius 3 is 2.62 bits per heavy atom. The van der Waals surface area contributed by atoms with Crippen molar-refractivity contribution in [2.24, 2.45) is 0 Å². The van der Waals surface area contributed by atoms with Crippen molar-refractivity contribution in [3.8, 4) is 0 Å². The van der Waals surface area contributed by atoms with Gasteiger partial charge in [0, 0.05) is 5.70 Å². The van der Waals surface area contributed by atoms with Crippen molar-refractivity contribution in [3.05, 3.63) is 26.2 Å². The third kappa shape index (κ3) is 0.753. The Morgan fingerprint density at radius 1 is 1.62 bits per heavy atom. The van der Waals surface area contributed by atoms with Crippen LogP contribution in [0.3, 0.4) is 0 Å². The Hall–Kier alpha value is -1.12. The number of hydrogen-bond donors (Lipinski definition) is 0. The van der Waals surface area contributed by atoms with Crippen LogP contribution < -0.4 is 0 Å². The van der Waals surface area contributed by atoms with E-state index in [-0.39, 0.29) is 0 Å². The number of hydrogen-bond acceptors (Lipinski definition) is 2. The minimum absolute atomic E-state index is 0.627. The summed E-state index contributed by atoms with van der Waals surface area (Å²) in [6.45, 7) is 7.09. The summed E-state index contributed by atoms with van der Waals surface area (Å²) < 4.78 is 1.50. The lowest BCUT2D eigenvalue weighted by Gasteiger charge is -1.91. The minimum Gasteiger partial charge on any atom is -0.226 e. The van der Waals surface area contributed by atoms with Crippen LogP contribution in [-0.2, 0) is 0 Å². The Morgan fingerprint density at radius 2 is 2.38 bits per heavy atom. The molecule has 0 aliphatic carbocycles. The normalized spacial score (nSPS) is 9.12. The molecule has 8 heavy (non-hydrogen) atoms. The van der Waals surface area contributed by atoms with E-state index in [1.54, 1.807) is 6.33 Å². The van der Waals surface area contributed by atoms with E-state index < -0.39 is 0 Å². The van der Waals surface area contributed by atoms with Gasteiger partial charge in [0.1, 0.15) is 12.7 Å². The topological polar surface area (TPSA) is 30.7 Å². The molecule has 0 saturated carbocycles. The third-order valence-corrected chi connectivity index (χ3v) is 0.743. The third-order valence-electron chi connectivity index (χ3n) is 0.743. The number of nitrogens with zero attached hydrogens (tertiary/aromatic N) is 3. The molecule has 0 saturated heterocycles. The molecule has 1 aromatic rings. The van der Waals surface area contributed by atoms with Crippen LogP contribution >= 0.6 is 0 Å². The van der Waals surface area contributed by atoms with E-state index in [2.05, 4.69) is 23.6 Å². The first-order valence-corrected chi connectivity index (χ1v) is 2.16. The second-order valence-corrected chi connectivity index (χ2v) is 1.41. The molecule has 0 atom stereocenters. The van der Waals surface area contributed by atoms with Gasteiger partial charge in [0.05, 0.1) is 0 Å². The van der Waals surface area contributed by atoms with Crippen molar-refractivity contribution >= 4 is 5.70 Å². The molecule has 0 bridgehead atoms. The molecular weight excluding hydrogens is 102 g/mol. The van der Waals surface area contributed by atoms with E-state index in [0.717, 1.165) is 0 Å². The van der Waals surface area contributed by atoms with Crippen LogP contribution in [0.1, 0.15) is 0 Å². The lowest BCUT2D eigenvalue weighted by Crippen LogP contribution is -1.90. The monoisotopic (exact) mass is 108 g/mol. The summed E-state index contributed by atoms with van der Waals surface area (Å²) in [5, 5.41) is 3.76. The van der Waals surface area contributed by atoms with Crippen molar-refractivity contribution in [2.75, 3.05) is 0 Å². The van der Waals surface area contributed by atoms with Gasteiger partial charge in [-0.15, -0.1) is 0 Å². The fourth-order valence-electron chi connectivity index (χ4n) is 0.372. The van der Waals surface area contributed by atoms with Gasteiger partial charge < -0.3 is 0 Å². The molecular formula is C5H6N3. The summed E-state index contributed by atoms with van der Waals surface area (Å²) in [4.78, 5) is 3.69. The van der Waals surface area contributed by atoms with E-state index in [1.165, 1.54) is 11.0 Å². The fraction of sp³-hybridized carbons (Fsp3) is 0. The minimum atomic E-state index is 0.627. The second-order valence-electron chi connectivity index (χ2n) is 1.41. The molecule has 0 fully saturated rings. The van der Waals surface area contributed by atoms with Crippen LogP contribution in [0.2, 0.25) is 0 Å². The molecule has 41 valence electrons. The van der Waals surface area contributed by atoms with Gasteiger partial charge in [-0.3, -0.25) is 0 Å². The first kappa shape index (κ1) is 5.03. The molecule has 3 nitrogen and oxygen atoms in total. The highest BCUT2D eigenvalue weighted by molar-refractivity contribution is 5.42. The van der Waals surface area contributed by atoms with E-state index in [4.69, 9.17) is 0 Å². The average molecular weight is 108 g/mol. The highest BCUT2D eigenvalue weighted by atomic mass is 15.3. The molecule has 0 aliphatic rings. The van der Waals surface area contributed by atoms with Gasteiger partial charge in [-0.05, 0) is 6.92 Å². The van der Waals surface area contributed by atoms with Crippen molar-refractivity contribution in [1.29, 1.82) is 0 Å². The fourth-order valence-corrected chi connectivity index (χ4v) is 0.372. The van der Waals surface area contributed by atoms with Crippen LogP contribution in [-0.4, -0.2) is 14.8 Å². The Balaban J connectivity index is 2.93. The van der Waals surface area contributed by atoms with Crippen LogP contribution in [0.25, 0.3) is 5.70 Å². The summed E-state index contributed by atoms with van der Waals surface area (Å²) in [6, 6.07) is 0. The van der Waals surface area contributed by atoms with Gasteiger partial charge in [-0.1, -0.05) is 6.58 Å². The molecule has 1 heterocycles. The molecule has 1 rings (SSSR count). The first-order valence-electron chi connectivity index (χ1n) is 2.16. The van der Waals surface area contributed by atoms with E-state index in [1.807, 2.05) is 0 Å². The molecule has 3 heteroatoms. The van der Waals surface area contributed by atoms with E-state index in [0.29, 0.717) is 5.70 Å². The highest BCUT2D eigenvalue weighted by Gasteiger charge is 1.85. The molecule has 1 radical (unpaired) electrons. The van der Waals surface area contributed by atoms with Gasteiger partial charge in [0.25, 0.3) is 0 Å². The maximum absolute atomic E-state index is 3.76. The zero-order valence-electron chi connectivity index (χ0n) is 4.41. The molecule has 0 N–H and O–H groups in total. The number of aromatic nitrogens is 3. The second kappa shape index (κ2) is 1.78. The smallest absolute Gasteiger partial charge is 0.138 e. The summed E-state index contributed by atoms with van der Waals surface area (Å²) in [7, 11) is 0. The maximum atomic E-state index is 3.76. The maximum Gasteiger partial charge on any atom is 0.138 e. The zero-order valence-corrected chi connectivity index (χ0v) is 4.41. The van der Waals surface area contributed by atoms with Gasteiger partial charge in [-0.2, -0.15) is 5.10 Å². The Bertz CT molecular complexity index is 176.